The van der Waals surface area contributed by atoms with Crippen LogP contribution in [0.25, 0.3) is 5.69 Å². The zero-order valence-electron chi connectivity index (χ0n) is 12.4. The average molecular weight is 303 g/mol. The average Bonchev–Trinajstić information content (AvgIpc) is 2.90. The maximum atomic E-state index is 13.8. The number of anilines is 1. The van der Waals surface area contributed by atoms with E-state index >= 15 is 0 Å². The summed E-state index contributed by atoms with van der Waals surface area (Å²) in [5.74, 6) is -0.367. The van der Waals surface area contributed by atoms with Crippen molar-refractivity contribution < 1.29 is 9.18 Å². The molecule has 6 nitrogen and oxygen atoms in total. The van der Waals surface area contributed by atoms with Gasteiger partial charge >= 0.3 is 0 Å². The van der Waals surface area contributed by atoms with E-state index < -0.39 is 5.82 Å². The van der Waals surface area contributed by atoms with Gasteiger partial charge in [-0.15, -0.1) is 0 Å². The van der Waals surface area contributed by atoms with Gasteiger partial charge in [-0.1, -0.05) is 12.1 Å². The number of halogens is 1. The number of nitrogens with two attached hydrogens (primary N) is 1. The third kappa shape index (κ3) is 2.67. The lowest BCUT2D eigenvalue weighted by Gasteiger charge is -2.31. The second-order valence-corrected chi connectivity index (χ2v) is 5.41. The minimum absolute atomic E-state index is 0.171. The molecule has 1 aliphatic rings. The molecular formula is C15H18FN5O. The summed E-state index contributed by atoms with van der Waals surface area (Å²) in [6, 6.07) is 7.69. The third-order valence-corrected chi connectivity index (χ3v) is 3.83. The fraction of sp³-hybridized carbons (Fsp3) is 0.333. The van der Waals surface area contributed by atoms with Crippen molar-refractivity contribution in [1.29, 1.82) is 0 Å². The molecule has 1 aromatic heterocycles. The maximum Gasteiger partial charge on any atom is 0.274 e. The van der Waals surface area contributed by atoms with Crippen LogP contribution in [0.3, 0.4) is 0 Å². The van der Waals surface area contributed by atoms with Crippen molar-refractivity contribution in [1.82, 2.24) is 19.6 Å². The summed E-state index contributed by atoms with van der Waals surface area (Å²) in [5.41, 5.74) is 6.36. The lowest BCUT2D eigenvalue weighted by atomic mass is 10.3. The van der Waals surface area contributed by atoms with Gasteiger partial charge in [0, 0.05) is 32.2 Å². The molecule has 0 saturated carbocycles. The van der Waals surface area contributed by atoms with Crippen molar-refractivity contribution in [2.24, 2.45) is 0 Å². The number of amides is 1. The standard InChI is InChI=1S/C15H18FN5O/c1-19-6-8-20(9-7-19)15(22)12-10-14(17)21(18-12)13-5-3-2-4-11(13)16/h2-5,10H,6-9,17H2,1H3. The Labute approximate surface area is 127 Å². The SMILES string of the molecule is CN1CCN(C(=O)c2cc(N)n(-c3ccccc3F)n2)CC1. The Kier molecular flexibility index (Phi) is 3.81. The van der Waals surface area contributed by atoms with Crippen molar-refractivity contribution >= 4 is 11.7 Å². The van der Waals surface area contributed by atoms with Crippen LogP contribution < -0.4 is 5.73 Å². The number of para-hydroxylation sites is 1. The molecular weight excluding hydrogens is 285 g/mol. The monoisotopic (exact) mass is 303 g/mol. The Hall–Kier alpha value is -2.41. The second-order valence-electron chi connectivity index (χ2n) is 5.41. The van der Waals surface area contributed by atoms with Gasteiger partial charge in [-0.05, 0) is 19.2 Å². The highest BCUT2D eigenvalue weighted by molar-refractivity contribution is 5.93. The number of benzene rings is 1. The molecule has 1 aromatic carbocycles. The number of rotatable bonds is 2. The number of carbonyl (C=O) groups is 1. The minimum atomic E-state index is -0.434. The summed E-state index contributed by atoms with van der Waals surface area (Å²) in [6.45, 7) is 2.97. The molecule has 7 heteroatoms. The van der Waals surface area contributed by atoms with Crippen LogP contribution in [0.4, 0.5) is 10.2 Å². The van der Waals surface area contributed by atoms with Crippen molar-refractivity contribution in [2.45, 2.75) is 0 Å². The fourth-order valence-electron chi connectivity index (χ4n) is 2.49. The summed E-state index contributed by atoms with van der Waals surface area (Å²) in [5, 5.41) is 4.18. The molecule has 0 spiro atoms. The number of likely N-dealkylation sites (N-methyl/N-ethyl adjacent to an activating group) is 1. The molecule has 1 saturated heterocycles. The van der Waals surface area contributed by atoms with E-state index in [-0.39, 0.29) is 23.1 Å². The Balaban J connectivity index is 1.86. The second kappa shape index (κ2) is 5.76. The molecule has 22 heavy (non-hydrogen) atoms. The molecule has 1 amide bonds. The van der Waals surface area contributed by atoms with Crippen LogP contribution in [0.15, 0.2) is 30.3 Å². The Morgan fingerprint density at radius 1 is 1.23 bits per heavy atom. The van der Waals surface area contributed by atoms with Crippen molar-refractivity contribution in [3.63, 3.8) is 0 Å². The summed E-state index contributed by atoms with van der Waals surface area (Å²) in [4.78, 5) is 16.4. The van der Waals surface area contributed by atoms with Gasteiger partial charge in [0.15, 0.2) is 5.69 Å². The predicted molar refractivity (Wildman–Crippen MR) is 81.3 cm³/mol. The van der Waals surface area contributed by atoms with Gasteiger partial charge in [0.05, 0.1) is 0 Å². The number of hydrogen-bond donors (Lipinski definition) is 1. The number of nitrogens with zero attached hydrogens (tertiary/aromatic N) is 4. The number of carbonyl (C=O) groups excluding carboxylic acids is 1. The van der Waals surface area contributed by atoms with E-state index in [1.807, 2.05) is 7.05 Å². The predicted octanol–water partition coefficient (Wildman–Crippen LogP) is 0.981. The molecule has 0 unspecified atom stereocenters. The summed E-state index contributed by atoms with van der Waals surface area (Å²) in [6.07, 6.45) is 0. The first-order valence-electron chi connectivity index (χ1n) is 7.14. The van der Waals surface area contributed by atoms with Crippen molar-refractivity contribution in [2.75, 3.05) is 39.0 Å². The van der Waals surface area contributed by atoms with Gasteiger partial charge < -0.3 is 15.5 Å². The lowest BCUT2D eigenvalue weighted by Crippen LogP contribution is -2.47. The van der Waals surface area contributed by atoms with Gasteiger partial charge in [-0.2, -0.15) is 5.10 Å². The van der Waals surface area contributed by atoms with E-state index in [2.05, 4.69) is 10.00 Å². The van der Waals surface area contributed by atoms with Gasteiger partial charge in [0.25, 0.3) is 5.91 Å². The highest BCUT2D eigenvalue weighted by Crippen LogP contribution is 2.18. The first-order chi connectivity index (χ1) is 10.6. The Bertz CT molecular complexity index is 691. The van der Waals surface area contributed by atoms with Gasteiger partial charge in [0.1, 0.15) is 17.3 Å². The quantitative estimate of drug-likeness (QED) is 0.898. The van der Waals surface area contributed by atoms with Crippen LogP contribution in [0.1, 0.15) is 10.5 Å². The Morgan fingerprint density at radius 3 is 2.59 bits per heavy atom. The number of nitrogen functional groups attached to an aromatic ring is 1. The van der Waals surface area contributed by atoms with Crippen LogP contribution in [0, 0.1) is 5.82 Å². The highest BCUT2D eigenvalue weighted by Gasteiger charge is 2.23. The molecule has 1 fully saturated rings. The molecule has 2 aromatic rings. The van der Waals surface area contributed by atoms with E-state index in [4.69, 9.17) is 5.73 Å². The van der Waals surface area contributed by atoms with Gasteiger partial charge in [-0.25, -0.2) is 9.07 Å². The summed E-state index contributed by atoms with van der Waals surface area (Å²) in [7, 11) is 2.02. The van der Waals surface area contributed by atoms with E-state index in [1.165, 1.54) is 16.8 Å². The lowest BCUT2D eigenvalue weighted by molar-refractivity contribution is 0.0657. The first kappa shape index (κ1) is 14.5. The molecule has 0 bridgehead atoms. The molecule has 2 heterocycles. The van der Waals surface area contributed by atoms with Crippen LogP contribution in [-0.4, -0.2) is 58.7 Å². The molecule has 0 atom stereocenters. The zero-order valence-corrected chi connectivity index (χ0v) is 12.4. The maximum absolute atomic E-state index is 13.8. The first-order valence-corrected chi connectivity index (χ1v) is 7.14. The van der Waals surface area contributed by atoms with E-state index in [9.17, 15) is 9.18 Å². The van der Waals surface area contributed by atoms with E-state index in [1.54, 1.807) is 23.1 Å². The molecule has 2 N–H and O–H groups in total. The third-order valence-electron chi connectivity index (χ3n) is 3.83. The minimum Gasteiger partial charge on any atom is -0.384 e. The van der Waals surface area contributed by atoms with Gasteiger partial charge in [-0.3, -0.25) is 4.79 Å². The topological polar surface area (TPSA) is 67.4 Å². The van der Waals surface area contributed by atoms with Crippen LogP contribution >= 0.6 is 0 Å². The molecule has 0 aliphatic carbocycles. The van der Waals surface area contributed by atoms with Crippen molar-refractivity contribution in [3.8, 4) is 5.69 Å². The van der Waals surface area contributed by atoms with Crippen LogP contribution in [-0.2, 0) is 0 Å². The fourth-order valence-corrected chi connectivity index (χ4v) is 2.49. The molecule has 3 rings (SSSR count). The summed E-state index contributed by atoms with van der Waals surface area (Å²) < 4.78 is 15.1. The van der Waals surface area contributed by atoms with Crippen molar-refractivity contribution in [3.05, 3.63) is 41.8 Å². The molecule has 0 radical (unpaired) electrons. The van der Waals surface area contributed by atoms with E-state index in [0.717, 1.165) is 13.1 Å². The van der Waals surface area contributed by atoms with E-state index in [0.29, 0.717) is 13.1 Å². The largest absolute Gasteiger partial charge is 0.384 e. The number of aromatic nitrogens is 2. The van der Waals surface area contributed by atoms with Crippen LogP contribution in [0.5, 0.6) is 0 Å². The van der Waals surface area contributed by atoms with Gasteiger partial charge in [0.2, 0.25) is 0 Å². The summed E-state index contributed by atoms with van der Waals surface area (Å²) >= 11 is 0. The zero-order chi connectivity index (χ0) is 15.7. The van der Waals surface area contributed by atoms with Crippen LogP contribution in [0.2, 0.25) is 0 Å². The molecule has 1 aliphatic heterocycles. The highest BCUT2D eigenvalue weighted by atomic mass is 19.1. The Morgan fingerprint density at radius 2 is 1.91 bits per heavy atom. The number of hydrogen-bond acceptors (Lipinski definition) is 4. The number of piperazine rings is 1. The normalized spacial score (nSPS) is 16.0. The molecule has 116 valence electrons. The smallest absolute Gasteiger partial charge is 0.274 e.